The predicted octanol–water partition coefficient (Wildman–Crippen LogP) is 0.559. The van der Waals surface area contributed by atoms with Crippen molar-refractivity contribution in [1.82, 2.24) is 25.4 Å². The minimum Gasteiger partial charge on any atom is -0.383 e. The lowest BCUT2D eigenvalue weighted by atomic mass is 10.1. The smallest absolute Gasteiger partial charge is 0.191 e. The van der Waals surface area contributed by atoms with Crippen LogP contribution in [0, 0.1) is 0 Å². The van der Waals surface area contributed by atoms with Gasteiger partial charge < -0.3 is 20.1 Å². The van der Waals surface area contributed by atoms with Crippen molar-refractivity contribution in [2.24, 2.45) is 4.99 Å². The molecule has 0 saturated heterocycles. The molecule has 2 heterocycles. The quantitative estimate of drug-likeness (QED) is 0.280. The van der Waals surface area contributed by atoms with Crippen LogP contribution in [0.1, 0.15) is 25.0 Å². The molecular formula is C14H27IN6O2. The van der Waals surface area contributed by atoms with Gasteiger partial charge in [0.05, 0.1) is 19.7 Å². The number of halogens is 1. The topological polar surface area (TPSA) is 85.6 Å². The van der Waals surface area contributed by atoms with Gasteiger partial charge in [-0.15, -0.1) is 24.0 Å². The fourth-order valence-electron chi connectivity index (χ4n) is 2.43. The molecule has 1 aromatic rings. The highest BCUT2D eigenvalue weighted by Crippen LogP contribution is 2.13. The summed E-state index contributed by atoms with van der Waals surface area (Å²) in [6.07, 6.45) is 1.92. The van der Waals surface area contributed by atoms with E-state index in [1.165, 1.54) is 0 Å². The van der Waals surface area contributed by atoms with Gasteiger partial charge in [-0.25, -0.2) is 9.67 Å². The van der Waals surface area contributed by atoms with Gasteiger partial charge >= 0.3 is 0 Å². The Morgan fingerprint density at radius 3 is 2.91 bits per heavy atom. The van der Waals surface area contributed by atoms with Crippen LogP contribution in [0.2, 0.25) is 0 Å². The van der Waals surface area contributed by atoms with Crippen LogP contribution in [-0.2, 0) is 29.0 Å². The molecule has 23 heavy (non-hydrogen) atoms. The van der Waals surface area contributed by atoms with E-state index in [-0.39, 0.29) is 24.0 Å². The molecule has 2 N–H and O–H groups in total. The highest BCUT2D eigenvalue weighted by molar-refractivity contribution is 14.0. The third-order valence-corrected chi connectivity index (χ3v) is 3.43. The highest BCUT2D eigenvalue weighted by Gasteiger charge is 2.22. The van der Waals surface area contributed by atoms with Gasteiger partial charge in [-0.2, -0.15) is 5.10 Å². The van der Waals surface area contributed by atoms with Gasteiger partial charge in [-0.05, 0) is 13.3 Å². The van der Waals surface area contributed by atoms with Crippen LogP contribution < -0.4 is 10.6 Å². The summed E-state index contributed by atoms with van der Waals surface area (Å²) >= 11 is 0. The first kappa shape index (κ1) is 20.1. The Balaban J connectivity index is 0.00000264. The summed E-state index contributed by atoms with van der Waals surface area (Å²) in [7, 11) is 3.34. The van der Waals surface area contributed by atoms with Crippen molar-refractivity contribution < 1.29 is 9.47 Å². The molecule has 1 aliphatic rings. The second kappa shape index (κ2) is 10.8. The molecule has 0 radical (unpaired) electrons. The van der Waals surface area contributed by atoms with E-state index >= 15 is 0 Å². The first-order valence-corrected chi connectivity index (χ1v) is 7.72. The first-order chi connectivity index (χ1) is 10.8. The Bertz CT molecular complexity index is 494. The monoisotopic (exact) mass is 438 g/mol. The molecule has 1 atom stereocenters. The molecule has 1 aliphatic heterocycles. The molecule has 0 aliphatic carbocycles. The lowest BCUT2D eigenvalue weighted by Crippen LogP contribution is -2.47. The summed E-state index contributed by atoms with van der Waals surface area (Å²) in [6, 6.07) is 0.296. The minimum absolute atomic E-state index is 0. The minimum atomic E-state index is 0. The first-order valence-electron chi connectivity index (χ1n) is 7.72. The van der Waals surface area contributed by atoms with E-state index in [2.05, 4.69) is 32.6 Å². The SMILES string of the molecule is CCNC(=NCCOC)NC1CCc2nc(COC)nn2C1.I. The standard InChI is InChI=1S/C14H26N6O2.HI/c1-4-15-14(16-7-8-21-2)17-11-5-6-13-18-12(10-22-3)19-20(13)9-11;/h11H,4-10H2,1-3H3,(H2,15,16,17);1H. The Labute approximate surface area is 154 Å². The van der Waals surface area contributed by atoms with Crippen molar-refractivity contribution in [2.75, 3.05) is 33.9 Å². The van der Waals surface area contributed by atoms with Crippen LogP contribution in [-0.4, -0.2) is 60.7 Å². The Hall–Kier alpha value is -0.940. The van der Waals surface area contributed by atoms with Crippen LogP contribution in [0.25, 0.3) is 0 Å². The normalized spacial score (nSPS) is 17.3. The molecule has 0 spiro atoms. The van der Waals surface area contributed by atoms with Gasteiger partial charge in [-0.1, -0.05) is 0 Å². The van der Waals surface area contributed by atoms with Crippen molar-refractivity contribution in [3.63, 3.8) is 0 Å². The maximum Gasteiger partial charge on any atom is 0.191 e. The number of guanidine groups is 1. The molecule has 0 bridgehead atoms. The number of nitrogens with zero attached hydrogens (tertiary/aromatic N) is 4. The van der Waals surface area contributed by atoms with Crippen LogP contribution in [0.15, 0.2) is 4.99 Å². The average Bonchev–Trinajstić information content (AvgIpc) is 2.89. The zero-order valence-electron chi connectivity index (χ0n) is 14.0. The van der Waals surface area contributed by atoms with Crippen molar-refractivity contribution in [3.05, 3.63) is 11.6 Å². The summed E-state index contributed by atoms with van der Waals surface area (Å²) in [6.45, 7) is 5.40. The van der Waals surface area contributed by atoms with E-state index < -0.39 is 0 Å². The number of aliphatic imine (C=N–C) groups is 1. The second-order valence-corrected chi connectivity index (χ2v) is 5.19. The Morgan fingerprint density at radius 2 is 2.22 bits per heavy atom. The number of aromatic nitrogens is 3. The molecule has 0 amide bonds. The van der Waals surface area contributed by atoms with Gasteiger partial charge in [0.1, 0.15) is 12.4 Å². The molecule has 9 heteroatoms. The molecule has 0 aromatic carbocycles. The fraction of sp³-hybridized carbons (Fsp3) is 0.786. The van der Waals surface area contributed by atoms with E-state index in [1.54, 1.807) is 14.2 Å². The zero-order chi connectivity index (χ0) is 15.8. The van der Waals surface area contributed by atoms with Crippen molar-refractivity contribution >= 4 is 29.9 Å². The number of aryl methyl sites for hydroxylation is 1. The number of nitrogens with one attached hydrogen (secondary N) is 2. The van der Waals surface area contributed by atoms with E-state index in [0.29, 0.717) is 25.8 Å². The van der Waals surface area contributed by atoms with Crippen LogP contribution in [0.3, 0.4) is 0 Å². The largest absolute Gasteiger partial charge is 0.383 e. The number of hydrogen-bond acceptors (Lipinski definition) is 5. The average molecular weight is 438 g/mol. The third-order valence-electron chi connectivity index (χ3n) is 3.43. The van der Waals surface area contributed by atoms with E-state index in [1.807, 2.05) is 4.68 Å². The maximum atomic E-state index is 5.09. The second-order valence-electron chi connectivity index (χ2n) is 5.19. The maximum absolute atomic E-state index is 5.09. The summed E-state index contributed by atoms with van der Waals surface area (Å²) in [5.41, 5.74) is 0. The molecule has 1 unspecified atom stereocenters. The van der Waals surface area contributed by atoms with Crippen LogP contribution in [0.5, 0.6) is 0 Å². The summed E-state index contributed by atoms with van der Waals surface area (Å²) in [5.74, 6) is 2.61. The van der Waals surface area contributed by atoms with E-state index in [4.69, 9.17) is 9.47 Å². The lowest BCUT2D eigenvalue weighted by molar-refractivity contribution is 0.177. The molecule has 8 nitrogen and oxygen atoms in total. The molecule has 132 valence electrons. The summed E-state index contributed by atoms with van der Waals surface area (Å²) in [5, 5.41) is 11.2. The molecule has 0 fully saturated rings. The Morgan fingerprint density at radius 1 is 1.39 bits per heavy atom. The van der Waals surface area contributed by atoms with Crippen LogP contribution >= 0.6 is 24.0 Å². The molecule has 1 aromatic heterocycles. The third kappa shape index (κ3) is 6.22. The summed E-state index contributed by atoms with van der Waals surface area (Å²) < 4.78 is 12.1. The van der Waals surface area contributed by atoms with Gasteiger partial charge in [-0.3, -0.25) is 4.99 Å². The van der Waals surface area contributed by atoms with Gasteiger partial charge in [0, 0.05) is 33.2 Å². The lowest BCUT2D eigenvalue weighted by Gasteiger charge is -2.25. The fourth-order valence-corrected chi connectivity index (χ4v) is 2.43. The number of rotatable bonds is 7. The Kier molecular flexibility index (Phi) is 9.41. The molecule has 0 saturated carbocycles. The van der Waals surface area contributed by atoms with Gasteiger partial charge in [0.2, 0.25) is 0 Å². The van der Waals surface area contributed by atoms with E-state index in [9.17, 15) is 0 Å². The zero-order valence-corrected chi connectivity index (χ0v) is 16.4. The van der Waals surface area contributed by atoms with Crippen molar-refractivity contribution in [3.8, 4) is 0 Å². The van der Waals surface area contributed by atoms with Gasteiger partial charge in [0.25, 0.3) is 0 Å². The van der Waals surface area contributed by atoms with Crippen LogP contribution in [0.4, 0.5) is 0 Å². The number of fused-ring (bicyclic) bond motifs is 1. The molecule has 2 rings (SSSR count). The van der Waals surface area contributed by atoms with Crippen molar-refractivity contribution in [2.45, 2.75) is 39.0 Å². The number of methoxy groups -OCH3 is 2. The molecular weight excluding hydrogens is 411 g/mol. The summed E-state index contributed by atoms with van der Waals surface area (Å²) in [4.78, 5) is 8.98. The van der Waals surface area contributed by atoms with Gasteiger partial charge in [0.15, 0.2) is 11.8 Å². The predicted molar refractivity (Wildman–Crippen MR) is 99.2 cm³/mol. The number of ether oxygens (including phenoxy) is 2. The highest BCUT2D eigenvalue weighted by atomic mass is 127. The van der Waals surface area contributed by atoms with Crippen molar-refractivity contribution in [1.29, 1.82) is 0 Å². The number of hydrogen-bond donors (Lipinski definition) is 2. The van der Waals surface area contributed by atoms with E-state index in [0.717, 1.165) is 43.5 Å².